The fourth-order valence-electron chi connectivity index (χ4n) is 2.99. The Labute approximate surface area is 107 Å². The Kier molecular flexibility index (Phi) is 2.18. The molecular formula is C15H19NO2. The van der Waals surface area contributed by atoms with Gasteiger partial charge in [0.15, 0.2) is 0 Å². The van der Waals surface area contributed by atoms with Crippen molar-refractivity contribution < 1.29 is 9.90 Å². The van der Waals surface area contributed by atoms with Gasteiger partial charge in [-0.15, -0.1) is 0 Å². The Morgan fingerprint density at radius 3 is 2.56 bits per heavy atom. The number of amides is 1. The van der Waals surface area contributed by atoms with Gasteiger partial charge < -0.3 is 10.0 Å². The topological polar surface area (TPSA) is 40.5 Å². The largest absolute Gasteiger partial charge is 0.395 e. The standard InChI is InChI=1S/C15H19NO2/c1-14(2)11-8-10(15(9-17)6-7-15)4-5-12(11)16(3)13(14)18/h4-5,8,17H,6-7,9H2,1-3H3. The van der Waals surface area contributed by atoms with Gasteiger partial charge in [-0.1, -0.05) is 12.1 Å². The Bertz CT molecular complexity index is 529. The van der Waals surface area contributed by atoms with Crippen LogP contribution in [0.25, 0.3) is 0 Å². The summed E-state index contributed by atoms with van der Waals surface area (Å²) in [6.45, 7) is 4.15. The second kappa shape index (κ2) is 3.35. The van der Waals surface area contributed by atoms with Crippen molar-refractivity contribution in [1.82, 2.24) is 0 Å². The molecule has 0 unspecified atom stereocenters. The van der Waals surface area contributed by atoms with Crippen molar-refractivity contribution >= 4 is 11.6 Å². The summed E-state index contributed by atoms with van der Waals surface area (Å²) in [6, 6.07) is 6.21. The number of carbonyl (C=O) groups is 1. The Balaban J connectivity index is 2.13. The lowest BCUT2D eigenvalue weighted by Crippen LogP contribution is -2.33. The molecule has 3 heteroatoms. The van der Waals surface area contributed by atoms with E-state index in [2.05, 4.69) is 12.1 Å². The molecule has 1 saturated carbocycles. The molecule has 1 amide bonds. The molecule has 0 atom stereocenters. The first kappa shape index (κ1) is 11.7. The van der Waals surface area contributed by atoms with Crippen molar-refractivity contribution in [2.24, 2.45) is 0 Å². The van der Waals surface area contributed by atoms with Gasteiger partial charge >= 0.3 is 0 Å². The van der Waals surface area contributed by atoms with Gasteiger partial charge in [-0.2, -0.15) is 0 Å². The van der Waals surface area contributed by atoms with Gasteiger partial charge in [-0.05, 0) is 43.9 Å². The molecule has 0 bridgehead atoms. The summed E-state index contributed by atoms with van der Waals surface area (Å²) >= 11 is 0. The monoisotopic (exact) mass is 245 g/mol. The molecule has 0 aromatic heterocycles. The molecule has 0 saturated heterocycles. The van der Waals surface area contributed by atoms with Crippen molar-refractivity contribution in [1.29, 1.82) is 0 Å². The predicted molar refractivity (Wildman–Crippen MR) is 70.9 cm³/mol. The van der Waals surface area contributed by atoms with E-state index >= 15 is 0 Å². The minimum atomic E-state index is -0.453. The molecule has 3 rings (SSSR count). The third kappa shape index (κ3) is 1.31. The smallest absolute Gasteiger partial charge is 0.236 e. The van der Waals surface area contributed by atoms with Crippen LogP contribution in [-0.2, 0) is 15.6 Å². The second-order valence-electron chi connectivity index (χ2n) is 6.16. The van der Waals surface area contributed by atoms with Crippen LogP contribution < -0.4 is 4.90 Å². The van der Waals surface area contributed by atoms with Crippen molar-refractivity contribution in [2.75, 3.05) is 18.6 Å². The van der Waals surface area contributed by atoms with Gasteiger partial charge in [-0.3, -0.25) is 4.79 Å². The van der Waals surface area contributed by atoms with E-state index in [1.54, 1.807) is 4.90 Å². The van der Waals surface area contributed by atoms with E-state index in [-0.39, 0.29) is 17.9 Å². The number of rotatable bonds is 2. The highest BCUT2D eigenvalue weighted by molar-refractivity contribution is 6.07. The maximum atomic E-state index is 12.2. The molecule has 1 fully saturated rings. The van der Waals surface area contributed by atoms with E-state index in [0.29, 0.717) is 0 Å². The normalized spacial score (nSPS) is 23.1. The van der Waals surface area contributed by atoms with Crippen LogP contribution in [0.5, 0.6) is 0 Å². The molecule has 1 aromatic carbocycles. The van der Waals surface area contributed by atoms with Crippen LogP contribution in [0.4, 0.5) is 5.69 Å². The molecule has 3 nitrogen and oxygen atoms in total. The quantitative estimate of drug-likeness (QED) is 0.865. The van der Waals surface area contributed by atoms with Gasteiger partial charge in [0.05, 0.1) is 12.0 Å². The average Bonchev–Trinajstić information content (AvgIpc) is 3.14. The Morgan fingerprint density at radius 2 is 2.00 bits per heavy atom. The number of likely N-dealkylation sites (N-methyl/N-ethyl adjacent to an activating group) is 1. The van der Waals surface area contributed by atoms with Crippen molar-refractivity contribution in [3.05, 3.63) is 29.3 Å². The molecule has 96 valence electrons. The summed E-state index contributed by atoms with van der Waals surface area (Å²) < 4.78 is 0. The van der Waals surface area contributed by atoms with Crippen LogP contribution in [0.1, 0.15) is 37.8 Å². The lowest BCUT2D eigenvalue weighted by atomic mass is 9.83. The number of hydrogen-bond acceptors (Lipinski definition) is 2. The number of aliphatic hydroxyl groups excluding tert-OH is 1. The van der Waals surface area contributed by atoms with E-state index in [9.17, 15) is 9.90 Å². The van der Waals surface area contributed by atoms with Gasteiger partial charge in [0.25, 0.3) is 0 Å². The van der Waals surface area contributed by atoms with Crippen LogP contribution in [0.2, 0.25) is 0 Å². The van der Waals surface area contributed by atoms with E-state index in [1.165, 1.54) is 5.56 Å². The zero-order valence-electron chi connectivity index (χ0n) is 11.2. The molecule has 1 aromatic rings. The van der Waals surface area contributed by atoms with E-state index in [4.69, 9.17) is 0 Å². The fraction of sp³-hybridized carbons (Fsp3) is 0.533. The molecule has 1 aliphatic carbocycles. The van der Waals surface area contributed by atoms with Crippen molar-refractivity contribution in [2.45, 2.75) is 37.5 Å². The molecule has 0 radical (unpaired) electrons. The number of anilines is 1. The van der Waals surface area contributed by atoms with Crippen LogP contribution in [0, 0.1) is 0 Å². The van der Waals surface area contributed by atoms with Gasteiger partial charge in [0, 0.05) is 18.2 Å². The highest BCUT2D eigenvalue weighted by Crippen LogP contribution is 2.50. The first-order chi connectivity index (χ1) is 8.42. The summed E-state index contributed by atoms with van der Waals surface area (Å²) in [4.78, 5) is 13.9. The highest BCUT2D eigenvalue weighted by atomic mass is 16.3. The van der Waals surface area contributed by atoms with Crippen LogP contribution in [0.3, 0.4) is 0 Å². The zero-order valence-corrected chi connectivity index (χ0v) is 11.2. The second-order valence-corrected chi connectivity index (χ2v) is 6.16. The molecule has 1 aliphatic heterocycles. The number of aliphatic hydroxyl groups is 1. The number of hydrogen-bond donors (Lipinski definition) is 1. The number of nitrogens with zero attached hydrogens (tertiary/aromatic N) is 1. The summed E-state index contributed by atoms with van der Waals surface area (Å²) in [5.41, 5.74) is 2.79. The summed E-state index contributed by atoms with van der Waals surface area (Å²) in [5, 5.41) is 9.52. The molecule has 18 heavy (non-hydrogen) atoms. The van der Waals surface area contributed by atoms with Gasteiger partial charge in [0.1, 0.15) is 0 Å². The zero-order chi connectivity index (χ0) is 13.1. The fourth-order valence-corrected chi connectivity index (χ4v) is 2.99. The Morgan fingerprint density at radius 1 is 1.33 bits per heavy atom. The Hall–Kier alpha value is -1.35. The van der Waals surface area contributed by atoms with Gasteiger partial charge in [0.2, 0.25) is 5.91 Å². The van der Waals surface area contributed by atoms with Crippen molar-refractivity contribution in [3.8, 4) is 0 Å². The highest BCUT2D eigenvalue weighted by Gasteiger charge is 2.47. The first-order valence-electron chi connectivity index (χ1n) is 6.46. The van der Waals surface area contributed by atoms with Crippen LogP contribution in [-0.4, -0.2) is 24.7 Å². The third-order valence-corrected chi connectivity index (χ3v) is 4.64. The molecule has 1 N–H and O–H groups in total. The molecular weight excluding hydrogens is 226 g/mol. The molecule has 1 heterocycles. The van der Waals surface area contributed by atoms with E-state index in [0.717, 1.165) is 24.1 Å². The van der Waals surface area contributed by atoms with E-state index < -0.39 is 5.41 Å². The van der Waals surface area contributed by atoms with Gasteiger partial charge in [-0.25, -0.2) is 0 Å². The average molecular weight is 245 g/mol. The van der Waals surface area contributed by atoms with Crippen LogP contribution >= 0.6 is 0 Å². The maximum absolute atomic E-state index is 12.2. The minimum absolute atomic E-state index is 0.0324. The molecule has 2 aliphatic rings. The van der Waals surface area contributed by atoms with Crippen LogP contribution in [0.15, 0.2) is 18.2 Å². The third-order valence-electron chi connectivity index (χ3n) is 4.64. The van der Waals surface area contributed by atoms with E-state index in [1.807, 2.05) is 27.0 Å². The number of carbonyl (C=O) groups excluding carboxylic acids is 1. The minimum Gasteiger partial charge on any atom is -0.395 e. The first-order valence-corrected chi connectivity index (χ1v) is 6.46. The number of fused-ring (bicyclic) bond motifs is 1. The van der Waals surface area contributed by atoms with Crippen molar-refractivity contribution in [3.63, 3.8) is 0 Å². The predicted octanol–water partition coefficient (Wildman–Crippen LogP) is 1.96. The maximum Gasteiger partial charge on any atom is 0.236 e. The molecule has 0 spiro atoms. The lowest BCUT2D eigenvalue weighted by Gasteiger charge is -2.18. The number of benzene rings is 1. The summed E-state index contributed by atoms with van der Waals surface area (Å²) in [5.74, 6) is 0.142. The lowest BCUT2D eigenvalue weighted by molar-refractivity contribution is -0.121. The summed E-state index contributed by atoms with van der Waals surface area (Å²) in [7, 11) is 1.83. The summed E-state index contributed by atoms with van der Waals surface area (Å²) in [6.07, 6.45) is 2.10. The SMILES string of the molecule is CN1C(=O)C(C)(C)c2cc(C3(CO)CC3)ccc21.